The Bertz CT molecular complexity index is 1090. The molecule has 0 radical (unpaired) electrons. The number of carbonyl (C=O) groups excluding carboxylic acids is 1. The standard InChI is InChI=1S/C23H22ClN3OS2/c1-4-26-18-14-16(24)10-11-19(18)29-21(26)13-12-20-22(28)27(5-2)23(30-20)25-17-9-7-6-8-15(17)3/h6-14H,4-5H2,1-3H3/b20-12-,21-13+,25-23?. The number of aliphatic imine (C=N–C) groups is 1. The summed E-state index contributed by atoms with van der Waals surface area (Å²) in [5.41, 5.74) is 3.09. The second kappa shape index (κ2) is 8.92. The average molecular weight is 456 g/mol. The van der Waals surface area contributed by atoms with Crippen LogP contribution in [0.5, 0.6) is 0 Å². The molecule has 2 aliphatic heterocycles. The molecule has 0 aliphatic carbocycles. The first-order chi connectivity index (χ1) is 14.5. The van der Waals surface area contributed by atoms with Gasteiger partial charge < -0.3 is 4.90 Å². The third-order valence-corrected chi connectivity index (χ3v) is 7.31. The first-order valence-electron chi connectivity index (χ1n) is 9.82. The normalized spacial score (nSPS) is 20.1. The van der Waals surface area contributed by atoms with Crippen molar-refractivity contribution in [1.29, 1.82) is 0 Å². The van der Waals surface area contributed by atoms with Gasteiger partial charge in [0.05, 0.1) is 21.3 Å². The lowest BCUT2D eigenvalue weighted by molar-refractivity contribution is -0.122. The number of hydrogen-bond acceptors (Lipinski definition) is 5. The molecule has 4 nitrogen and oxygen atoms in total. The second-order valence-electron chi connectivity index (χ2n) is 6.83. The predicted octanol–water partition coefficient (Wildman–Crippen LogP) is 6.59. The van der Waals surface area contributed by atoms with Gasteiger partial charge in [-0.15, -0.1) is 0 Å². The van der Waals surface area contributed by atoms with Crippen LogP contribution in [0, 0.1) is 6.92 Å². The van der Waals surface area contributed by atoms with E-state index in [-0.39, 0.29) is 5.91 Å². The van der Waals surface area contributed by atoms with Crippen molar-refractivity contribution in [2.45, 2.75) is 25.7 Å². The van der Waals surface area contributed by atoms with Crippen LogP contribution in [0.4, 0.5) is 11.4 Å². The monoisotopic (exact) mass is 455 g/mol. The van der Waals surface area contributed by atoms with Crippen LogP contribution in [0.25, 0.3) is 0 Å². The van der Waals surface area contributed by atoms with Gasteiger partial charge >= 0.3 is 0 Å². The topological polar surface area (TPSA) is 35.9 Å². The number of fused-ring (bicyclic) bond motifs is 1. The molecule has 1 saturated heterocycles. The Balaban J connectivity index is 1.63. The second-order valence-corrected chi connectivity index (χ2v) is 9.33. The van der Waals surface area contributed by atoms with E-state index in [0.29, 0.717) is 11.4 Å². The Morgan fingerprint density at radius 2 is 1.80 bits per heavy atom. The Morgan fingerprint density at radius 1 is 1.03 bits per heavy atom. The summed E-state index contributed by atoms with van der Waals surface area (Å²) in [7, 11) is 0. The average Bonchev–Trinajstić information content (AvgIpc) is 3.23. The molecule has 0 atom stereocenters. The van der Waals surface area contributed by atoms with Crippen LogP contribution in [-0.2, 0) is 4.79 Å². The largest absolute Gasteiger partial charge is 0.335 e. The first kappa shape index (κ1) is 21.1. The maximum absolute atomic E-state index is 12.9. The maximum Gasteiger partial charge on any atom is 0.266 e. The molecule has 4 rings (SSSR count). The zero-order chi connectivity index (χ0) is 21.3. The number of benzene rings is 2. The maximum atomic E-state index is 12.9. The van der Waals surface area contributed by atoms with E-state index in [1.165, 1.54) is 16.7 Å². The molecule has 154 valence electrons. The highest BCUT2D eigenvalue weighted by Gasteiger charge is 2.32. The summed E-state index contributed by atoms with van der Waals surface area (Å²) in [6.45, 7) is 7.53. The highest BCUT2D eigenvalue weighted by Crippen LogP contribution is 2.47. The van der Waals surface area contributed by atoms with Gasteiger partial charge in [-0.1, -0.05) is 41.6 Å². The number of halogens is 1. The molecule has 2 heterocycles. The zero-order valence-electron chi connectivity index (χ0n) is 17.1. The van der Waals surface area contributed by atoms with Crippen molar-refractivity contribution in [3.63, 3.8) is 0 Å². The van der Waals surface area contributed by atoms with Gasteiger partial charge in [0.2, 0.25) is 0 Å². The number of amidine groups is 1. The van der Waals surface area contributed by atoms with Gasteiger partial charge in [0.15, 0.2) is 5.17 Å². The van der Waals surface area contributed by atoms with Crippen molar-refractivity contribution < 1.29 is 4.79 Å². The highest BCUT2D eigenvalue weighted by molar-refractivity contribution is 8.18. The molecule has 0 unspecified atom stereocenters. The molecular formula is C23H22ClN3OS2. The van der Waals surface area contributed by atoms with Gasteiger partial charge in [0.25, 0.3) is 5.91 Å². The summed E-state index contributed by atoms with van der Waals surface area (Å²) in [5, 5.41) is 2.54. The number of thioether (sulfide) groups is 2. The van der Waals surface area contributed by atoms with Gasteiger partial charge in [0, 0.05) is 23.0 Å². The molecule has 30 heavy (non-hydrogen) atoms. The number of rotatable bonds is 4. The molecule has 7 heteroatoms. The van der Waals surface area contributed by atoms with E-state index in [2.05, 4.69) is 11.8 Å². The molecule has 0 N–H and O–H groups in total. The van der Waals surface area contributed by atoms with E-state index in [0.717, 1.165) is 38.7 Å². The molecule has 0 saturated carbocycles. The van der Waals surface area contributed by atoms with Gasteiger partial charge in [0.1, 0.15) is 0 Å². The van der Waals surface area contributed by atoms with Gasteiger partial charge in [-0.05, 0) is 74.5 Å². The van der Waals surface area contributed by atoms with Crippen LogP contribution in [0.3, 0.4) is 0 Å². The van der Waals surface area contributed by atoms with Crippen molar-refractivity contribution in [3.8, 4) is 0 Å². The lowest BCUT2D eigenvalue weighted by Gasteiger charge is -2.17. The van der Waals surface area contributed by atoms with Crippen LogP contribution in [0.2, 0.25) is 5.02 Å². The molecule has 0 spiro atoms. The summed E-state index contributed by atoms with van der Waals surface area (Å²) >= 11 is 9.31. The number of hydrogen-bond donors (Lipinski definition) is 0. The molecule has 1 fully saturated rings. The Kier molecular flexibility index (Phi) is 6.27. The van der Waals surface area contributed by atoms with Crippen LogP contribution >= 0.6 is 35.1 Å². The summed E-state index contributed by atoms with van der Waals surface area (Å²) in [4.78, 5) is 23.5. The highest BCUT2D eigenvalue weighted by atomic mass is 35.5. The van der Waals surface area contributed by atoms with Crippen molar-refractivity contribution in [2.24, 2.45) is 4.99 Å². The van der Waals surface area contributed by atoms with E-state index >= 15 is 0 Å². The predicted molar refractivity (Wildman–Crippen MR) is 130 cm³/mol. The summed E-state index contributed by atoms with van der Waals surface area (Å²) in [5.74, 6) is -0.00158. The molecule has 0 bridgehead atoms. The Hall–Kier alpha value is -2.15. The van der Waals surface area contributed by atoms with Crippen molar-refractivity contribution in [3.05, 3.63) is 75.1 Å². The minimum Gasteiger partial charge on any atom is -0.335 e. The van der Waals surface area contributed by atoms with Gasteiger partial charge in [-0.2, -0.15) is 0 Å². The quantitative estimate of drug-likeness (QED) is 0.487. The fraction of sp³-hybridized carbons (Fsp3) is 0.217. The smallest absolute Gasteiger partial charge is 0.266 e. The molecule has 2 aliphatic rings. The number of carbonyl (C=O) groups is 1. The SMILES string of the molecule is CCN1C(=O)/C(=C/C=C2/Sc3ccc(Cl)cc3N2CC)SC1=Nc1ccccc1C. The number of nitrogens with zero attached hydrogens (tertiary/aromatic N) is 3. The van der Waals surface area contributed by atoms with Crippen LogP contribution in [-0.4, -0.2) is 29.1 Å². The summed E-state index contributed by atoms with van der Waals surface area (Å²) in [6.07, 6.45) is 3.93. The molecule has 2 aromatic rings. The van der Waals surface area contributed by atoms with Crippen molar-refractivity contribution >= 4 is 57.6 Å². The number of amides is 1. The minimum absolute atomic E-state index is 0.00158. The minimum atomic E-state index is -0.00158. The van der Waals surface area contributed by atoms with Gasteiger partial charge in [-0.3, -0.25) is 9.69 Å². The van der Waals surface area contributed by atoms with Crippen LogP contribution < -0.4 is 4.90 Å². The summed E-state index contributed by atoms with van der Waals surface area (Å²) in [6, 6.07) is 13.9. The lowest BCUT2D eigenvalue weighted by Crippen LogP contribution is -2.28. The zero-order valence-corrected chi connectivity index (χ0v) is 19.4. The fourth-order valence-electron chi connectivity index (χ4n) is 3.35. The molecule has 2 aromatic carbocycles. The number of allylic oxidation sites excluding steroid dienone is 2. The first-order valence-corrected chi connectivity index (χ1v) is 11.8. The molecule has 1 amide bonds. The van der Waals surface area contributed by atoms with Crippen molar-refractivity contribution in [1.82, 2.24) is 4.90 Å². The van der Waals surface area contributed by atoms with Crippen LogP contribution in [0.15, 0.2) is 74.4 Å². The third-order valence-electron chi connectivity index (χ3n) is 4.92. The van der Waals surface area contributed by atoms with E-state index in [4.69, 9.17) is 16.6 Å². The van der Waals surface area contributed by atoms with E-state index in [9.17, 15) is 4.79 Å². The number of aryl methyl sites for hydroxylation is 1. The van der Waals surface area contributed by atoms with E-state index in [1.807, 2.05) is 68.5 Å². The Morgan fingerprint density at radius 3 is 2.53 bits per heavy atom. The van der Waals surface area contributed by atoms with Gasteiger partial charge in [-0.25, -0.2) is 4.99 Å². The molecular weight excluding hydrogens is 434 g/mol. The van der Waals surface area contributed by atoms with E-state index in [1.54, 1.807) is 16.7 Å². The molecule has 0 aromatic heterocycles. The van der Waals surface area contributed by atoms with Crippen LogP contribution in [0.1, 0.15) is 19.4 Å². The number of anilines is 1. The fourth-order valence-corrected chi connectivity index (χ4v) is 5.62. The van der Waals surface area contributed by atoms with Crippen molar-refractivity contribution in [2.75, 3.05) is 18.0 Å². The third kappa shape index (κ3) is 4.04. The lowest BCUT2D eigenvalue weighted by atomic mass is 10.2. The Labute approximate surface area is 190 Å². The number of likely N-dealkylation sites (N-methyl/N-ethyl adjacent to an activating group) is 1. The number of para-hydroxylation sites is 1. The summed E-state index contributed by atoms with van der Waals surface area (Å²) < 4.78 is 0. The van der Waals surface area contributed by atoms with E-state index < -0.39 is 0 Å².